The Morgan fingerprint density at radius 3 is 2.34 bits per heavy atom. The van der Waals surface area contributed by atoms with Gasteiger partial charge >= 0.3 is 0 Å². The van der Waals surface area contributed by atoms with Gasteiger partial charge in [0.25, 0.3) is 5.91 Å². The molecule has 0 saturated carbocycles. The van der Waals surface area contributed by atoms with Gasteiger partial charge in [-0.3, -0.25) is 4.79 Å². The van der Waals surface area contributed by atoms with Crippen LogP contribution in [0, 0.1) is 5.82 Å². The van der Waals surface area contributed by atoms with Crippen molar-refractivity contribution in [2.45, 2.75) is 32.1 Å². The summed E-state index contributed by atoms with van der Waals surface area (Å²) in [7, 11) is 0. The molecule has 1 aromatic heterocycles. The van der Waals surface area contributed by atoms with Crippen LogP contribution >= 0.6 is 0 Å². The lowest BCUT2D eigenvalue weighted by atomic mass is 10.1. The standard InChI is InChI=1S/C25H27FN4O2/c26-18-6-10-21(11-7-18)30-23-5-3-1-2-4-22(23)24(28-30)25(31)27-19-8-12-20(13-9-19)29-14-16-32-17-15-29/h6-13H,1-5,14-17H2,(H,27,31). The number of benzene rings is 2. The molecular formula is C25H27FN4O2. The van der Waals surface area contributed by atoms with Gasteiger partial charge in [-0.1, -0.05) is 6.42 Å². The highest BCUT2D eigenvalue weighted by Crippen LogP contribution is 2.27. The summed E-state index contributed by atoms with van der Waals surface area (Å²) in [6.45, 7) is 3.22. The molecule has 1 aliphatic heterocycles. The van der Waals surface area contributed by atoms with Crippen LogP contribution in [0.5, 0.6) is 0 Å². The lowest BCUT2D eigenvalue weighted by molar-refractivity contribution is 0.102. The van der Waals surface area contributed by atoms with Gasteiger partial charge in [-0.25, -0.2) is 9.07 Å². The van der Waals surface area contributed by atoms with Crippen molar-refractivity contribution < 1.29 is 13.9 Å². The van der Waals surface area contributed by atoms with Gasteiger partial charge in [0, 0.05) is 35.7 Å². The zero-order valence-corrected chi connectivity index (χ0v) is 18.0. The van der Waals surface area contributed by atoms with Crippen molar-refractivity contribution >= 4 is 17.3 Å². The number of morpholine rings is 1. The maximum atomic E-state index is 13.4. The largest absolute Gasteiger partial charge is 0.378 e. The molecule has 2 heterocycles. The molecule has 1 aliphatic carbocycles. The normalized spacial score (nSPS) is 16.3. The summed E-state index contributed by atoms with van der Waals surface area (Å²) in [6, 6.07) is 14.2. The van der Waals surface area contributed by atoms with Crippen molar-refractivity contribution in [3.05, 3.63) is 71.3 Å². The Balaban J connectivity index is 1.40. The van der Waals surface area contributed by atoms with E-state index < -0.39 is 0 Å². The quantitative estimate of drug-likeness (QED) is 0.620. The first kappa shape index (κ1) is 20.7. The number of halogens is 1. The second kappa shape index (κ2) is 9.12. The highest BCUT2D eigenvalue weighted by Gasteiger charge is 2.25. The van der Waals surface area contributed by atoms with Crippen molar-refractivity contribution in [3.63, 3.8) is 0 Å². The number of carbonyl (C=O) groups excluding carboxylic acids is 1. The molecule has 1 saturated heterocycles. The molecule has 0 unspecified atom stereocenters. The van der Waals surface area contributed by atoms with Gasteiger partial charge in [-0.2, -0.15) is 5.10 Å². The maximum Gasteiger partial charge on any atom is 0.276 e. The Morgan fingerprint density at radius 1 is 0.906 bits per heavy atom. The van der Waals surface area contributed by atoms with E-state index in [0.29, 0.717) is 5.69 Å². The van der Waals surface area contributed by atoms with E-state index in [9.17, 15) is 9.18 Å². The molecule has 2 aromatic carbocycles. The molecule has 0 atom stereocenters. The van der Waals surface area contributed by atoms with Crippen LogP contribution in [-0.4, -0.2) is 42.0 Å². The Kier molecular flexibility index (Phi) is 5.90. The fourth-order valence-electron chi connectivity index (χ4n) is 4.52. The zero-order chi connectivity index (χ0) is 21.9. The van der Waals surface area contributed by atoms with E-state index in [0.717, 1.165) is 86.7 Å². The number of amides is 1. The topological polar surface area (TPSA) is 59.4 Å². The van der Waals surface area contributed by atoms with Gasteiger partial charge in [0.05, 0.1) is 18.9 Å². The number of hydrogen-bond acceptors (Lipinski definition) is 4. The van der Waals surface area contributed by atoms with Gasteiger partial charge < -0.3 is 15.0 Å². The van der Waals surface area contributed by atoms with E-state index in [1.165, 1.54) is 12.1 Å². The number of carbonyl (C=O) groups is 1. The fourth-order valence-corrected chi connectivity index (χ4v) is 4.52. The Hall–Kier alpha value is -3.19. The summed E-state index contributed by atoms with van der Waals surface area (Å²) < 4.78 is 20.7. The Bertz CT molecular complexity index is 1090. The molecule has 1 fully saturated rings. The highest BCUT2D eigenvalue weighted by atomic mass is 19.1. The summed E-state index contributed by atoms with van der Waals surface area (Å²) in [5.41, 5.74) is 5.17. The second-order valence-electron chi connectivity index (χ2n) is 8.32. The first-order valence-electron chi connectivity index (χ1n) is 11.3. The average Bonchev–Trinajstić information content (AvgIpc) is 3.02. The second-order valence-corrected chi connectivity index (χ2v) is 8.32. The monoisotopic (exact) mass is 434 g/mol. The zero-order valence-electron chi connectivity index (χ0n) is 18.0. The molecule has 1 N–H and O–H groups in total. The van der Waals surface area contributed by atoms with Crippen LogP contribution in [0.15, 0.2) is 48.5 Å². The van der Waals surface area contributed by atoms with Gasteiger partial charge in [-0.05, 0) is 74.2 Å². The van der Waals surface area contributed by atoms with Crippen molar-refractivity contribution in [2.24, 2.45) is 0 Å². The summed E-state index contributed by atoms with van der Waals surface area (Å²) in [6.07, 6.45) is 4.92. The van der Waals surface area contributed by atoms with E-state index in [4.69, 9.17) is 4.74 Å². The number of rotatable bonds is 4. The van der Waals surface area contributed by atoms with Crippen molar-refractivity contribution in [3.8, 4) is 5.69 Å². The third-order valence-electron chi connectivity index (χ3n) is 6.22. The van der Waals surface area contributed by atoms with Crippen molar-refractivity contribution in [2.75, 3.05) is 36.5 Å². The number of hydrogen-bond donors (Lipinski definition) is 1. The van der Waals surface area contributed by atoms with Gasteiger partial charge in [-0.15, -0.1) is 0 Å². The number of nitrogens with one attached hydrogen (secondary N) is 1. The van der Waals surface area contributed by atoms with Crippen molar-refractivity contribution in [1.29, 1.82) is 0 Å². The molecule has 0 spiro atoms. The van der Waals surface area contributed by atoms with E-state index >= 15 is 0 Å². The summed E-state index contributed by atoms with van der Waals surface area (Å²) in [5.74, 6) is -0.492. The third kappa shape index (κ3) is 4.25. The molecule has 3 aromatic rings. The van der Waals surface area contributed by atoms with Gasteiger partial charge in [0.2, 0.25) is 0 Å². The van der Waals surface area contributed by atoms with Crippen LogP contribution < -0.4 is 10.2 Å². The Labute approximate surface area is 187 Å². The Morgan fingerprint density at radius 2 is 1.59 bits per heavy atom. The molecule has 6 nitrogen and oxygen atoms in total. The molecule has 166 valence electrons. The van der Waals surface area contributed by atoms with E-state index in [1.54, 1.807) is 12.1 Å². The molecule has 1 amide bonds. The molecule has 7 heteroatoms. The number of anilines is 2. The summed E-state index contributed by atoms with van der Waals surface area (Å²) in [5, 5.41) is 7.70. The first-order valence-corrected chi connectivity index (χ1v) is 11.3. The SMILES string of the molecule is O=C(Nc1ccc(N2CCOCC2)cc1)c1nn(-c2ccc(F)cc2)c2c1CCCCC2. The number of nitrogens with zero attached hydrogens (tertiary/aromatic N) is 3. The lowest BCUT2D eigenvalue weighted by Gasteiger charge is -2.28. The number of ether oxygens (including phenoxy) is 1. The van der Waals surface area contributed by atoms with Gasteiger partial charge in [0.1, 0.15) is 5.82 Å². The molecule has 2 aliphatic rings. The van der Waals surface area contributed by atoms with Crippen LogP contribution in [0.25, 0.3) is 5.69 Å². The van der Waals surface area contributed by atoms with E-state index in [2.05, 4.69) is 15.3 Å². The predicted octanol–water partition coefficient (Wildman–Crippen LogP) is 4.37. The van der Waals surface area contributed by atoms with Gasteiger partial charge in [0.15, 0.2) is 5.69 Å². The fraction of sp³-hybridized carbons (Fsp3) is 0.360. The third-order valence-corrected chi connectivity index (χ3v) is 6.22. The molecule has 5 rings (SSSR count). The van der Waals surface area contributed by atoms with Crippen LogP contribution in [0.2, 0.25) is 0 Å². The van der Waals surface area contributed by atoms with Crippen LogP contribution in [0.3, 0.4) is 0 Å². The van der Waals surface area contributed by atoms with Crippen LogP contribution in [0.1, 0.15) is 41.0 Å². The average molecular weight is 435 g/mol. The number of aromatic nitrogens is 2. The minimum Gasteiger partial charge on any atom is -0.378 e. The molecular weight excluding hydrogens is 407 g/mol. The molecule has 32 heavy (non-hydrogen) atoms. The molecule has 0 radical (unpaired) electrons. The summed E-state index contributed by atoms with van der Waals surface area (Å²) >= 11 is 0. The smallest absolute Gasteiger partial charge is 0.276 e. The maximum absolute atomic E-state index is 13.4. The summed E-state index contributed by atoms with van der Waals surface area (Å²) in [4.78, 5) is 15.5. The lowest BCUT2D eigenvalue weighted by Crippen LogP contribution is -2.36. The molecule has 0 bridgehead atoms. The van der Waals surface area contributed by atoms with E-state index in [1.807, 2.05) is 28.9 Å². The highest BCUT2D eigenvalue weighted by molar-refractivity contribution is 6.04. The first-order chi connectivity index (χ1) is 15.7. The van der Waals surface area contributed by atoms with Crippen LogP contribution in [-0.2, 0) is 17.6 Å². The predicted molar refractivity (Wildman–Crippen MR) is 122 cm³/mol. The number of fused-ring (bicyclic) bond motifs is 1. The van der Waals surface area contributed by atoms with Crippen LogP contribution in [0.4, 0.5) is 15.8 Å². The minimum absolute atomic E-state index is 0.205. The minimum atomic E-state index is -0.287. The van der Waals surface area contributed by atoms with E-state index in [-0.39, 0.29) is 11.7 Å². The van der Waals surface area contributed by atoms with Crippen molar-refractivity contribution in [1.82, 2.24) is 9.78 Å².